The highest BCUT2D eigenvalue weighted by molar-refractivity contribution is 6.67. The molecule has 0 aliphatic carbocycles. The van der Waals surface area contributed by atoms with E-state index in [-0.39, 0.29) is 12.7 Å². The normalized spacial score (nSPS) is 22.0. The molecule has 0 spiro atoms. The Bertz CT molecular complexity index is 370. The quantitative estimate of drug-likeness (QED) is 0.570. The molecule has 0 bridgehead atoms. The van der Waals surface area contributed by atoms with E-state index in [0.29, 0.717) is 25.4 Å². The van der Waals surface area contributed by atoms with E-state index >= 15 is 0 Å². The fourth-order valence-corrected chi connectivity index (χ4v) is 3.19. The molecule has 0 aromatic rings. The minimum atomic E-state index is -0.133. The molecule has 2 fully saturated rings. The molecule has 2 heterocycles. The number of carbonyl (C=O) groups is 1. The van der Waals surface area contributed by atoms with E-state index < -0.39 is 0 Å². The minimum absolute atomic E-state index is 0.133. The number of carbonyl (C=O) groups excluding carboxylic acids is 1. The molecule has 2 aliphatic rings. The van der Waals surface area contributed by atoms with E-state index in [4.69, 9.17) is 14.7 Å². The lowest BCUT2D eigenvalue weighted by Crippen LogP contribution is -2.41. The van der Waals surface area contributed by atoms with Crippen LogP contribution >= 0.6 is 0 Å². The minimum Gasteiger partial charge on any atom is -0.465 e. The summed E-state index contributed by atoms with van der Waals surface area (Å²) in [5.41, 5.74) is 0. The van der Waals surface area contributed by atoms with E-state index in [1.807, 2.05) is 6.92 Å². The van der Waals surface area contributed by atoms with Gasteiger partial charge in [0.25, 0.3) is 6.71 Å². The molecule has 0 N–H and O–H groups in total. The van der Waals surface area contributed by atoms with Crippen LogP contribution in [0.5, 0.6) is 0 Å². The van der Waals surface area contributed by atoms with Gasteiger partial charge in [-0.2, -0.15) is 0 Å². The molecule has 0 aromatic carbocycles. The SMILES string of the molecule is CCOC(=O)CN1CCC(OC2CCB(C#N)CC2)CC1. The predicted molar refractivity (Wildman–Crippen MR) is 81.2 cm³/mol. The van der Waals surface area contributed by atoms with Gasteiger partial charge in [0, 0.05) is 19.1 Å². The fraction of sp³-hybridized carbons (Fsp3) is 0.867. The van der Waals surface area contributed by atoms with Gasteiger partial charge in [-0.25, -0.2) is 5.26 Å². The second-order valence-electron chi connectivity index (χ2n) is 6.02. The van der Waals surface area contributed by atoms with Gasteiger partial charge in [0.2, 0.25) is 0 Å². The number of piperidine rings is 1. The van der Waals surface area contributed by atoms with Crippen LogP contribution in [-0.2, 0) is 14.3 Å². The van der Waals surface area contributed by atoms with Gasteiger partial charge < -0.3 is 9.47 Å². The van der Waals surface area contributed by atoms with Gasteiger partial charge in [0.15, 0.2) is 0 Å². The first-order valence-electron chi connectivity index (χ1n) is 8.14. The van der Waals surface area contributed by atoms with Crippen LogP contribution in [0.1, 0.15) is 32.6 Å². The summed E-state index contributed by atoms with van der Waals surface area (Å²) in [6, 6.07) is 0. The van der Waals surface area contributed by atoms with Gasteiger partial charge in [-0.05, 0) is 32.6 Å². The third-order valence-electron chi connectivity index (χ3n) is 4.43. The Hall–Kier alpha value is -1.06. The van der Waals surface area contributed by atoms with Crippen molar-refractivity contribution < 1.29 is 14.3 Å². The van der Waals surface area contributed by atoms with Gasteiger partial charge in [-0.1, -0.05) is 12.6 Å². The molecule has 0 radical (unpaired) electrons. The topological polar surface area (TPSA) is 62.6 Å². The lowest BCUT2D eigenvalue weighted by atomic mass is 9.42. The Morgan fingerprint density at radius 3 is 2.43 bits per heavy atom. The van der Waals surface area contributed by atoms with Crippen molar-refractivity contribution in [3.05, 3.63) is 0 Å². The number of hydrogen-bond acceptors (Lipinski definition) is 5. The summed E-state index contributed by atoms with van der Waals surface area (Å²) in [7, 11) is 0. The zero-order valence-corrected chi connectivity index (χ0v) is 12.9. The predicted octanol–water partition coefficient (Wildman–Crippen LogP) is 1.75. The summed E-state index contributed by atoms with van der Waals surface area (Å²) in [4.78, 5) is 13.6. The number of hydrogen-bond donors (Lipinski definition) is 0. The van der Waals surface area contributed by atoms with Gasteiger partial charge in [0.1, 0.15) is 0 Å². The van der Waals surface area contributed by atoms with Crippen molar-refractivity contribution in [3.63, 3.8) is 0 Å². The van der Waals surface area contributed by atoms with E-state index in [1.54, 1.807) is 0 Å². The van der Waals surface area contributed by atoms with Crippen LogP contribution in [0.4, 0.5) is 0 Å². The number of esters is 1. The first kappa shape index (κ1) is 16.3. The second kappa shape index (κ2) is 8.40. The zero-order valence-electron chi connectivity index (χ0n) is 12.9. The average Bonchev–Trinajstić information content (AvgIpc) is 2.50. The van der Waals surface area contributed by atoms with Gasteiger partial charge in [-0.3, -0.25) is 9.69 Å². The van der Waals surface area contributed by atoms with Crippen LogP contribution in [0, 0.1) is 11.2 Å². The van der Waals surface area contributed by atoms with Crippen molar-refractivity contribution >= 4 is 12.7 Å². The molecular weight excluding hydrogens is 267 g/mol. The van der Waals surface area contributed by atoms with Crippen molar-refractivity contribution in [1.29, 1.82) is 5.26 Å². The van der Waals surface area contributed by atoms with E-state index in [2.05, 4.69) is 10.9 Å². The standard InChI is InChI=1S/C15H25BN2O3/c1-2-20-15(19)11-18-9-5-14(6-10-18)21-13-3-7-16(12-17)8-4-13/h13-14H,2-11H2,1H3. The molecule has 21 heavy (non-hydrogen) atoms. The number of nitrogens with zero attached hydrogens (tertiary/aromatic N) is 2. The van der Waals surface area contributed by atoms with Crippen LogP contribution < -0.4 is 0 Å². The van der Waals surface area contributed by atoms with Crippen molar-refractivity contribution in [2.45, 2.75) is 57.5 Å². The molecule has 6 heteroatoms. The third kappa shape index (κ3) is 5.33. The highest BCUT2D eigenvalue weighted by atomic mass is 16.5. The maximum atomic E-state index is 11.4. The first-order valence-corrected chi connectivity index (χ1v) is 8.14. The molecule has 0 atom stereocenters. The Kier molecular flexibility index (Phi) is 6.53. The van der Waals surface area contributed by atoms with E-state index in [9.17, 15) is 4.79 Å². The molecule has 2 aliphatic heterocycles. The lowest BCUT2D eigenvalue weighted by molar-refractivity contribution is -0.145. The molecule has 0 saturated carbocycles. The molecule has 0 aromatic heterocycles. The van der Waals surface area contributed by atoms with Gasteiger partial charge >= 0.3 is 5.97 Å². The fourth-order valence-electron chi connectivity index (χ4n) is 3.19. The summed E-state index contributed by atoms with van der Waals surface area (Å²) in [6.45, 7) is 4.71. The third-order valence-corrected chi connectivity index (χ3v) is 4.43. The Balaban J connectivity index is 1.63. The summed E-state index contributed by atoms with van der Waals surface area (Å²) in [6.07, 6.45) is 6.59. The van der Waals surface area contributed by atoms with Crippen LogP contribution in [-0.4, -0.2) is 56.0 Å². The van der Waals surface area contributed by atoms with Crippen molar-refractivity contribution in [2.75, 3.05) is 26.2 Å². The van der Waals surface area contributed by atoms with Crippen molar-refractivity contribution in [2.24, 2.45) is 0 Å². The highest BCUT2D eigenvalue weighted by Crippen LogP contribution is 2.25. The smallest absolute Gasteiger partial charge is 0.320 e. The second-order valence-corrected chi connectivity index (χ2v) is 6.02. The number of nitriles is 1. The van der Waals surface area contributed by atoms with Gasteiger partial charge in [-0.15, -0.1) is 0 Å². The van der Waals surface area contributed by atoms with Crippen molar-refractivity contribution in [1.82, 2.24) is 4.90 Å². The van der Waals surface area contributed by atoms with Crippen LogP contribution in [0.2, 0.25) is 12.6 Å². The molecule has 0 unspecified atom stereocenters. The molecule has 0 amide bonds. The largest absolute Gasteiger partial charge is 0.465 e. The maximum absolute atomic E-state index is 11.4. The summed E-state index contributed by atoms with van der Waals surface area (Å²) >= 11 is 0. The average molecular weight is 292 g/mol. The van der Waals surface area contributed by atoms with Crippen LogP contribution in [0.25, 0.3) is 0 Å². The maximum Gasteiger partial charge on any atom is 0.320 e. The molecule has 5 nitrogen and oxygen atoms in total. The number of rotatable bonds is 5. The first-order chi connectivity index (χ1) is 10.2. The molecule has 2 rings (SSSR count). The highest BCUT2D eigenvalue weighted by Gasteiger charge is 2.28. The van der Waals surface area contributed by atoms with Crippen LogP contribution in [0.15, 0.2) is 0 Å². The van der Waals surface area contributed by atoms with E-state index in [1.165, 1.54) is 0 Å². The Morgan fingerprint density at radius 2 is 1.86 bits per heavy atom. The molecule has 116 valence electrons. The summed E-state index contributed by atoms with van der Waals surface area (Å²) in [5.74, 6) is 2.22. The number of ether oxygens (including phenoxy) is 2. The molecular formula is C15H25BN2O3. The zero-order chi connectivity index (χ0) is 15.1. The monoisotopic (exact) mass is 292 g/mol. The Labute approximate surface area is 127 Å². The van der Waals surface area contributed by atoms with Gasteiger partial charge in [0.05, 0.1) is 25.4 Å². The van der Waals surface area contributed by atoms with Crippen molar-refractivity contribution in [3.8, 4) is 5.97 Å². The summed E-state index contributed by atoms with van der Waals surface area (Å²) < 4.78 is 11.1. The molecule has 2 saturated heterocycles. The van der Waals surface area contributed by atoms with Crippen LogP contribution in [0.3, 0.4) is 0 Å². The van der Waals surface area contributed by atoms with E-state index in [0.717, 1.165) is 51.4 Å². The Morgan fingerprint density at radius 1 is 1.24 bits per heavy atom. The lowest BCUT2D eigenvalue weighted by Gasteiger charge is -2.34. The summed E-state index contributed by atoms with van der Waals surface area (Å²) in [5, 5.41) is 8.90. The number of likely N-dealkylation sites (tertiary alicyclic amines) is 1.